The van der Waals surface area contributed by atoms with Crippen molar-refractivity contribution in [2.45, 2.75) is 208 Å². The third-order valence-corrected chi connectivity index (χ3v) is 20.3. The fourth-order valence-electron chi connectivity index (χ4n) is 12.6. The highest BCUT2D eigenvalue weighted by atomic mass is 79.9. The Bertz CT molecular complexity index is 4450. The predicted octanol–water partition coefficient (Wildman–Crippen LogP) is 17.8. The van der Waals surface area contributed by atoms with Gasteiger partial charge in [-0.3, -0.25) is 20.2 Å². The van der Waals surface area contributed by atoms with Crippen LogP contribution in [-0.4, -0.2) is 178 Å². The number of benzene rings is 5. The largest absolute Gasteiger partial charge is 0.494 e. The first-order chi connectivity index (χ1) is 50.5. The number of aromatic nitrogens is 4. The standard InChI is InChI=1S/C23H34BN3O4.C17H22BrN3O2.C15H20BrN3O4.C15H22BrN3O2.C6H3BrFNO2/c1-15-25-18-10-9-16(24-30-22(5,6)23(7,8)31-24)13-19(18)27(15)17-11-12-26(14-17)20(28)29-21(2,3)4;1-11-19-14-6-5-12(18)9-15(14)21(11)13-7-8-20(10-13)16(22)23-17(2,3)4;1-15(2,3)23-14(20)18-7-6-11(9-18)17-12-8-10(16)4-5-13(12)19(21)22;1-15(2,3)21-14(20)19-7-6-11(9-19)18-13-8-10(16)4-5-12(13)17;7-4-1-2-6(9(10)11)5(8)3-4/h9-10,13,17H,11-12,14H2,1-8H3;5-6,9,13H,7-8,10H2,1-4H3;4-5,8,11,17H,6-7,9H2,1-3H3;4-5,8,11,18H,6-7,9,17H2,1-3H3;1-3H/t17-;13-;2*11-;/m0000./s1. The smallest absolute Gasteiger partial charge is 0.444 e. The predicted molar refractivity (Wildman–Crippen MR) is 435 cm³/mol. The summed E-state index contributed by atoms with van der Waals surface area (Å²) in [6.07, 6.45) is 2.27. The summed E-state index contributed by atoms with van der Waals surface area (Å²) in [5.41, 5.74) is 9.83. The number of amides is 4. The molecule has 592 valence electrons. The van der Waals surface area contributed by atoms with Crippen LogP contribution in [0.5, 0.6) is 0 Å². The monoisotopic (exact) mass is 1770 g/mol. The molecule has 5 aliphatic rings. The fourth-order valence-corrected chi connectivity index (χ4v) is 14.0. The number of imidazole rings is 2. The zero-order chi connectivity index (χ0) is 80.8. The normalized spacial score (nSPS) is 18.8. The highest BCUT2D eigenvalue weighted by Gasteiger charge is 2.52. The second-order valence-electron chi connectivity index (χ2n) is 32.4. The van der Waals surface area contributed by atoms with E-state index in [2.05, 4.69) is 128 Å². The second-order valence-corrected chi connectivity index (χ2v) is 36.0. The number of hydrogen-bond acceptors (Lipinski definition) is 19. The van der Waals surface area contributed by atoms with E-state index in [-0.39, 0.29) is 65.4 Å². The molecule has 7 heterocycles. The van der Waals surface area contributed by atoms with Gasteiger partial charge >= 0.3 is 37.2 Å². The lowest BCUT2D eigenvalue weighted by Gasteiger charge is -2.32. The van der Waals surface area contributed by atoms with Gasteiger partial charge in [-0.25, -0.2) is 29.1 Å². The average Bonchev–Trinajstić information content (AvgIpc) is 1.61. The summed E-state index contributed by atoms with van der Waals surface area (Å²) in [6.45, 7) is 39.7. The van der Waals surface area contributed by atoms with Crippen molar-refractivity contribution in [2.24, 2.45) is 0 Å². The summed E-state index contributed by atoms with van der Waals surface area (Å²) < 4.78 is 54.6. The van der Waals surface area contributed by atoms with Gasteiger partial charge in [0.25, 0.3) is 5.69 Å². The quantitative estimate of drug-likeness (QED) is 0.0397. The van der Waals surface area contributed by atoms with E-state index in [4.69, 9.17) is 39.0 Å². The molecule has 4 amide bonds. The molecule has 5 saturated heterocycles. The van der Waals surface area contributed by atoms with E-state index in [0.717, 1.165) is 89.7 Å². The molecule has 0 radical (unpaired) electrons. The van der Waals surface area contributed by atoms with Crippen molar-refractivity contribution in [2.75, 3.05) is 68.7 Å². The summed E-state index contributed by atoms with van der Waals surface area (Å²) in [7, 11) is -0.417. The lowest BCUT2D eigenvalue weighted by molar-refractivity contribution is -0.387. The molecule has 12 rings (SSSR count). The first-order valence-electron chi connectivity index (χ1n) is 36.0. The Morgan fingerprint density at radius 1 is 0.514 bits per heavy atom. The minimum atomic E-state index is -0.829. The van der Waals surface area contributed by atoms with Crippen molar-refractivity contribution < 1.29 is 61.7 Å². The lowest BCUT2D eigenvalue weighted by Crippen LogP contribution is -2.41. The van der Waals surface area contributed by atoms with Crippen LogP contribution in [0, 0.1) is 39.9 Å². The number of nitro benzene ring substituents is 2. The number of ether oxygens (including phenoxy) is 4. The summed E-state index contributed by atoms with van der Waals surface area (Å²) in [5, 5.41) is 27.7. The number of nitrogens with zero attached hydrogens (tertiary/aromatic N) is 10. The Hall–Kier alpha value is -7.85. The molecule has 0 spiro atoms. The first-order valence-corrected chi connectivity index (χ1v) is 39.2. The molecule has 33 heteroatoms. The van der Waals surface area contributed by atoms with Crippen molar-refractivity contribution in [1.82, 2.24) is 38.7 Å². The van der Waals surface area contributed by atoms with Gasteiger partial charge in [0.1, 0.15) is 39.7 Å². The van der Waals surface area contributed by atoms with Gasteiger partial charge in [-0.15, -0.1) is 0 Å². The van der Waals surface area contributed by atoms with E-state index in [0.29, 0.717) is 74.6 Å². The number of halogens is 5. The number of fused-ring (bicyclic) bond motifs is 2. The van der Waals surface area contributed by atoms with Crippen LogP contribution in [0.4, 0.5) is 52.0 Å². The van der Waals surface area contributed by atoms with Crippen LogP contribution in [0.3, 0.4) is 0 Å². The Morgan fingerprint density at radius 2 is 0.862 bits per heavy atom. The number of rotatable bonds is 9. The van der Waals surface area contributed by atoms with Crippen molar-refractivity contribution >= 4 is 151 Å². The van der Waals surface area contributed by atoms with E-state index in [1.54, 1.807) is 31.7 Å². The number of aryl methyl sites for hydroxylation is 2. The fraction of sp³-hybridized carbons (Fsp3) is 0.526. The molecular formula is C76H101BBr4FN13O14. The zero-order valence-electron chi connectivity index (χ0n) is 65.2. The van der Waals surface area contributed by atoms with Gasteiger partial charge in [0, 0.05) is 94.5 Å². The van der Waals surface area contributed by atoms with Gasteiger partial charge in [0.05, 0.1) is 66.6 Å². The minimum Gasteiger partial charge on any atom is -0.444 e. The molecule has 5 aromatic carbocycles. The van der Waals surface area contributed by atoms with Gasteiger partial charge in [0.2, 0.25) is 5.82 Å². The number of nitrogens with two attached hydrogens (primary N) is 1. The van der Waals surface area contributed by atoms with Crippen molar-refractivity contribution in [3.63, 3.8) is 0 Å². The van der Waals surface area contributed by atoms with Crippen LogP contribution in [-0.2, 0) is 28.3 Å². The number of anilines is 3. The van der Waals surface area contributed by atoms with E-state index in [1.165, 1.54) is 12.1 Å². The van der Waals surface area contributed by atoms with Crippen molar-refractivity contribution in [3.8, 4) is 0 Å². The molecule has 4 atom stereocenters. The molecular weight excluding hydrogens is 1670 g/mol. The summed E-state index contributed by atoms with van der Waals surface area (Å²) in [6, 6.07) is 26.9. The topological polar surface area (TPSA) is 309 Å². The van der Waals surface area contributed by atoms with Crippen LogP contribution in [0.1, 0.15) is 160 Å². The molecule has 7 aromatic rings. The van der Waals surface area contributed by atoms with Gasteiger partial charge in [-0.2, -0.15) is 4.39 Å². The number of carbonyl (C=O) groups excluding carboxylic acids is 4. The van der Waals surface area contributed by atoms with Gasteiger partial charge in [-0.1, -0.05) is 69.8 Å². The molecule has 109 heavy (non-hydrogen) atoms. The van der Waals surface area contributed by atoms with Gasteiger partial charge < -0.3 is 73.4 Å². The molecule has 0 bridgehead atoms. The molecule has 27 nitrogen and oxygen atoms in total. The number of nitro groups is 2. The average molecular weight is 1770 g/mol. The van der Waals surface area contributed by atoms with Crippen LogP contribution >= 0.6 is 63.7 Å². The summed E-state index contributed by atoms with van der Waals surface area (Å²) in [4.78, 5) is 85.2. The lowest BCUT2D eigenvalue weighted by atomic mass is 9.79. The van der Waals surface area contributed by atoms with E-state index in [9.17, 15) is 43.8 Å². The molecule has 5 fully saturated rings. The number of carbonyl (C=O) groups is 4. The first kappa shape index (κ1) is 86.7. The second kappa shape index (κ2) is 35.2. The molecule has 0 aliphatic carbocycles. The number of likely N-dealkylation sites (tertiary alicyclic amines) is 4. The van der Waals surface area contributed by atoms with Crippen LogP contribution in [0.15, 0.2) is 109 Å². The zero-order valence-corrected chi connectivity index (χ0v) is 71.5. The highest BCUT2D eigenvalue weighted by Crippen LogP contribution is 2.39. The van der Waals surface area contributed by atoms with E-state index >= 15 is 0 Å². The highest BCUT2D eigenvalue weighted by molar-refractivity contribution is 9.11. The maximum Gasteiger partial charge on any atom is 0.494 e. The van der Waals surface area contributed by atoms with Gasteiger partial charge in [0.15, 0.2) is 0 Å². The SMILES string of the molecule is CC(C)(C)OC(=O)N1CC[C@H](Nc2cc(Br)ccc2N)C1.CC(C)(C)OC(=O)N1CC[C@H](Nc2cc(Br)ccc2[N+](=O)[O-])C1.Cc1nc2ccc(B3OC(C)(C)C(C)(C)O3)cc2n1[C@H]1CCN(C(=O)OC(C)(C)C)C1.Cc1nc2ccc(Br)cc2n1[C@H]1CCN(C(=O)OC(C)(C)C)C1.O=[N+]([O-])c1ccc(Br)cc1F. The van der Waals surface area contributed by atoms with Gasteiger partial charge in [-0.05, 0) is 229 Å². The Morgan fingerprint density at radius 3 is 1.28 bits per heavy atom. The third kappa shape index (κ3) is 24.1. The number of nitrogens with one attached hydrogen (secondary N) is 2. The molecule has 0 saturated carbocycles. The third-order valence-electron chi connectivity index (χ3n) is 18.3. The van der Waals surface area contributed by atoms with E-state index < -0.39 is 50.9 Å². The minimum absolute atomic E-state index is 0.0175. The van der Waals surface area contributed by atoms with Crippen molar-refractivity contribution in [3.05, 3.63) is 147 Å². The molecule has 4 N–H and O–H groups in total. The van der Waals surface area contributed by atoms with Crippen LogP contribution in [0.25, 0.3) is 22.1 Å². The number of hydrogen-bond donors (Lipinski definition) is 3. The van der Waals surface area contributed by atoms with Crippen molar-refractivity contribution in [1.29, 1.82) is 0 Å². The van der Waals surface area contributed by atoms with E-state index in [1.807, 2.05) is 139 Å². The maximum absolute atomic E-state index is 12.6. The molecule has 2 aromatic heterocycles. The Balaban J connectivity index is 0.000000176. The molecule has 5 aliphatic heterocycles. The number of nitrogen functional groups attached to an aromatic ring is 1. The van der Waals surface area contributed by atoms with Crippen LogP contribution < -0.4 is 21.8 Å². The Labute approximate surface area is 670 Å². The summed E-state index contributed by atoms with van der Waals surface area (Å²) in [5.74, 6) is 1.09. The maximum atomic E-state index is 12.6. The Kier molecular flexibility index (Phi) is 28.0. The van der Waals surface area contributed by atoms with Crippen LogP contribution in [0.2, 0.25) is 0 Å². The molecule has 0 unspecified atom stereocenters. The summed E-state index contributed by atoms with van der Waals surface area (Å²) >= 11 is 13.3.